The van der Waals surface area contributed by atoms with Crippen molar-refractivity contribution in [1.82, 2.24) is 26.1 Å². The number of hydrogen-bond donors (Lipinski definition) is 3. The van der Waals surface area contributed by atoms with Gasteiger partial charge >= 0.3 is 6.03 Å². The third-order valence-electron chi connectivity index (χ3n) is 3.65. The van der Waals surface area contributed by atoms with Gasteiger partial charge in [-0.3, -0.25) is 14.9 Å². The molecular formula is C13H17N5O4S. The van der Waals surface area contributed by atoms with Crippen LogP contribution in [0, 0.1) is 5.92 Å². The highest BCUT2D eigenvalue weighted by Crippen LogP contribution is 2.21. The number of aromatic nitrogens is 2. The van der Waals surface area contributed by atoms with Crippen molar-refractivity contribution < 1.29 is 18.8 Å². The van der Waals surface area contributed by atoms with E-state index in [1.54, 1.807) is 6.92 Å². The Kier molecular flexibility index (Phi) is 4.51. The van der Waals surface area contributed by atoms with Crippen molar-refractivity contribution in [1.29, 1.82) is 0 Å². The van der Waals surface area contributed by atoms with Crippen molar-refractivity contribution in [2.45, 2.75) is 43.5 Å². The van der Waals surface area contributed by atoms with Crippen molar-refractivity contribution >= 4 is 29.6 Å². The molecule has 0 aromatic carbocycles. The van der Waals surface area contributed by atoms with Crippen molar-refractivity contribution in [3.05, 3.63) is 5.89 Å². The summed E-state index contributed by atoms with van der Waals surface area (Å²) in [5, 5.41) is 15.8. The van der Waals surface area contributed by atoms with Crippen LogP contribution < -0.4 is 16.0 Å². The first kappa shape index (κ1) is 15.8. The molecule has 10 heteroatoms. The lowest BCUT2D eigenvalue weighted by molar-refractivity contribution is -0.125. The maximum atomic E-state index is 11.8. The van der Waals surface area contributed by atoms with Gasteiger partial charge in [0, 0.05) is 18.5 Å². The Bertz CT molecular complexity index is 630. The Morgan fingerprint density at radius 1 is 1.39 bits per heavy atom. The lowest BCUT2D eigenvalue weighted by Crippen LogP contribution is -2.57. The predicted molar refractivity (Wildman–Crippen MR) is 79.5 cm³/mol. The molecule has 0 bridgehead atoms. The smallest absolute Gasteiger partial charge is 0.321 e. The number of rotatable bonds is 6. The summed E-state index contributed by atoms with van der Waals surface area (Å²) in [6, 6.07) is -0.492. The van der Waals surface area contributed by atoms with E-state index >= 15 is 0 Å². The van der Waals surface area contributed by atoms with Gasteiger partial charge in [-0.2, -0.15) is 0 Å². The van der Waals surface area contributed by atoms with Crippen LogP contribution in [-0.4, -0.2) is 45.9 Å². The van der Waals surface area contributed by atoms with E-state index in [9.17, 15) is 14.4 Å². The largest absolute Gasteiger partial charge is 0.416 e. The second-order valence-corrected chi connectivity index (χ2v) is 6.58. The monoisotopic (exact) mass is 339 g/mol. The Hall–Kier alpha value is -2.10. The molecule has 2 unspecified atom stereocenters. The zero-order valence-corrected chi connectivity index (χ0v) is 13.3. The van der Waals surface area contributed by atoms with Crippen molar-refractivity contribution in [3.8, 4) is 0 Å². The minimum atomic E-state index is -0.498. The molecule has 3 rings (SSSR count). The van der Waals surface area contributed by atoms with Crippen LogP contribution >= 0.6 is 11.8 Å². The first-order valence-electron chi connectivity index (χ1n) is 7.37. The van der Waals surface area contributed by atoms with E-state index in [1.165, 1.54) is 0 Å². The predicted octanol–water partition coefficient (Wildman–Crippen LogP) is -0.173. The lowest BCUT2D eigenvalue weighted by Gasteiger charge is -2.27. The zero-order chi connectivity index (χ0) is 16.4. The van der Waals surface area contributed by atoms with Gasteiger partial charge in [0.25, 0.3) is 5.22 Å². The quantitative estimate of drug-likeness (QED) is 0.614. The average Bonchev–Trinajstić information content (AvgIpc) is 3.17. The molecule has 2 heterocycles. The van der Waals surface area contributed by atoms with Gasteiger partial charge < -0.3 is 15.1 Å². The number of carbonyl (C=O) groups is 3. The van der Waals surface area contributed by atoms with Gasteiger partial charge in [0.15, 0.2) is 0 Å². The topological polar surface area (TPSA) is 126 Å². The third-order valence-corrected chi connectivity index (χ3v) is 4.47. The second-order valence-electron chi connectivity index (χ2n) is 5.65. The van der Waals surface area contributed by atoms with Crippen LogP contribution in [0.1, 0.15) is 25.7 Å². The summed E-state index contributed by atoms with van der Waals surface area (Å²) in [4.78, 5) is 34.6. The van der Waals surface area contributed by atoms with Gasteiger partial charge in [0.05, 0.1) is 11.7 Å². The van der Waals surface area contributed by atoms with E-state index in [1.807, 2.05) is 0 Å². The van der Waals surface area contributed by atoms with Crippen molar-refractivity contribution in [3.63, 3.8) is 0 Å². The molecule has 1 aromatic heterocycles. The minimum Gasteiger partial charge on any atom is -0.416 e. The first-order valence-corrected chi connectivity index (χ1v) is 8.35. The maximum absolute atomic E-state index is 11.8. The Morgan fingerprint density at radius 2 is 2.17 bits per heavy atom. The molecule has 1 aromatic rings. The molecule has 3 N–H and O–H groups in total. The molecule has 1 saturated carbocycles. The molecule has 9 nitrogen and oxygen atoms in total. The maximum Gasteiger partial charge on any atom is 0.321 e. The van der Waals surface area contributed by atoms with E-state index in [4.69, 9.17) is 4.42 Å². The van der Waals surface area contributed by atoms with Crippen LogP contribution in [0.25, 0.3) is 0 Å². The molecule has 0 radical (unpaired) electrons. The van der Waals surface area contributed by atoms with Gasteiger partial charge in [-0.15, -0.1) is 10.2 Å². The number of nitrogens with zero attached hydrogens (tertiary/aromatic N) is 2. The number of nitrogens with one attached hydrogen (secondary N) is 3. The summed E-state index contributed by atoms with van der Waals surface area (Å²) >= 11 is 1.16. The van der Waals surface area contributed by atoms with Crippen LogP contribution in [0.2, 0.25) is 0 Å². The molecule has 1 aliphatic heterocycles. The van der Waals surface area contributed by atoms with Crippen LogP contribution in [0.3, 0.4) is 0 Å². The van der Waals surface area contributed by atoms with E-state index in [-0.39, 0.29) is 30.0 Å². The van der Waals surface area contributed by atoms with E-state index in [0.29, 0.717) is 17.2 Å². The summed E-state index contributed by atoms with van der Waals surface area (Å²) in [5.41, 5.74) is 0. The minimum absolute atomic E-state index is 0.0553. The molecule has 1 aliphatic carbocycles. The lowest BCUT2D eigenvalue weighted by atomic mass is 9.95. The number of imide groups is 1. The zero-order valence-electron chi connectivity index (χ0n) is 12.5. The first-order chi connectivity index (χ1) is 11.0. The van der Waals surface area contributed by atoms with Gasteiger partial charge in [-0.1, -0.05) is 11.8 Å². The fourth-order valence-electron chi connectivity index (χ4n) is 2.24. The summed E-state index contributed by atoms with van der Waals surface area (Å²) in [6.45, 7) is 1.75. The molecule has 2 aliphatic rings. The standard InChI is InChI=1S/C13H17N5O4S/c1-6-8(11(20)16-12(21)14-6)4-10-17-18-13(22-10)23-5-9(19)15-7-2-3-7/h6-8H,2-5H2,1H3,(H,15,19)(H2,14,16,20,21). The van der Waals surface area contributed by atoms with Gasteiger partial charge in [0.2, 0.25) is 17.7 Å². The second kappa shape index (κ2) is 6.57. The van der Waals surface area contributed by atoms with Crippen molar-refractivity contribution in [2.75, 3.05) is 5.75 Å². The molecule has 124 valence electrons. The molecule has 2 fully saturated rings. The molecule has 4 amide bonds. The average molecular weight is 339 g/mol. The highest BCUT2D eigenvalue weighted by Gasteiger charge is 2.34. The van der Waals surface area contributed by atoms with Crippen LogP contribution in [0.5, 0.6) is 0 Å². The van der Waals surface area contributed by atoms with Gasteiger partial charge in [-0.05, 0) is 19.8 Å². The molecular weight excluding hydrogens is 322 g/mol. The summed E-state index contributed by atoms with van der Waals surface area (Å²) in [6.07, 6.45) is 2.31. The molecule has 2 atom stereocenters. The third kappa shape index (κ3) is 4.21. The van der Waals surface area contributed by atoms with E-state index in [2.05, 4.69) is 26.1 Å². The van der Waals surface area contributed by atoms with Crippen LogP contribution in [0.15, 0.2) is 9.64 Å². The van der Waals surface area contributed by atoms with Gasteiger partial charge in [0.1, 0.15) is 0 Å². The number of urea groups is 1. The van der Waals surface area contributed by atoms with Gasteiger partial charge in [-0.25, -0.2) is 4.79 Å². The molecule has 0 spiro atoms. The number of thioether (sulfide) groups is 1. The SMILES string of the molecule is CC1NC(=O)NC(=O)C1Cc1nnc(SCC(=O)NC2CC2)o1. The fraction of sp³-hybridized carbons (Fsp3) is 0.615. The van der Waals surface area contributed by atoms with Crippen LogP contribution in [-0.2, 0) is 16.0 Å². The van der Waals surface area contributed by atoms with E-state index in [0.717, 1.165) is 24.6 Å². The normalized spacial score (nSPS) is 24.0. The highest BCUT2D eigenvalue weighted by molar-refractivity contribution is 7.99. The Balaban J connectivity index is 1.51. The Labute approximate surface area is 136 Å². The Morgan fingerprint density at radius 3 is 2.87 bits per heavy atom. The van der Waals surface area contributed by atoms with Crippen molar-refractivity contribution in [2.24, 2.45) is 5.92 Å². The number of hydrogen-bond acceptors (Lipinski definition) is 7. The summed E-state index contributed by atoms with van der Waals surface area (Å²) in [5.74, 6) is -0.366. The highest BCUT2D eigenvalue weighted by atomic mass is 32.2. The fourth-order valence-corrected chi connectivity index (χ4v) is 2.83. The van der Waals surface area contributed by atoms with Crippen LogP contribution in [0.4, 0.5) is 4.79 Å². The summed E-state index contributed by atoms with van der Waals surface area (Å²) < 4.78 is 5.45. The number of amides is 4. The van der Waals surface area contributed by atoms with E-state index < -0.39 is 11.9 Å². The molecule has 1 saturated heterocycles. The molecule has 23 heavy (non-hydrogen) atoms. The summed E-state index contributed by atoms with van der Waals surface area (Å²) in [7, 11) is 0. The number of carbonyl (C=O) groups excluding carboxylic acids is 3.